The zero-order valence-corrected chi connectivity index (χ0v) is 7.58. The molecule has 1 aromatic carbocycles. The minimum atomic E-state index is -0.582. The van der Waals surface area contributed by atoms with Crippen molar-refractivity contribution < 1.29 is 4.39 Å². The number of hydrogen-bond acceptors (Lipinski definition) is 2. The van der Waals surface area contributed by atoms with Crippen LogP contribution in [0.1, 0.15) is 5.56 Å². The lowest BCUT2D eigenvalue weighted by Crippen LogP contribution is -2.22. The van der Waals surface area contributed by atoms with Crippen LogP contribution in [0.2, 0.25) is 0 Å². The number of halogens is 1. The van der Waals surface area contributed by atoms with E-state index in [0.717, 1.165) is 0 Å². The molecule has 0 heterocycles. The standard InChI is InChI=1S/C9H9FN4/c1-13-9(12)14-7-3-2-6(5-11)8(10)4-7/h2-4H,1H3,(H3,12,13,14). The summed E-state index contributed by atoms with van der Waals surface area (Å²) in [4.78, 5) is 3.65. The largest absolute Gasteiger partial charge is 0.370 e. The number of nitrogens with one attached hydrogen (secondary N) is 1. The van der Waals surface area contributed by atoms with Gasteiger partial charge in [0, 0.05) is 12.7 Å². The minimum absolute atomic E-state index is 0.00237. The van der Waals surface area contributed by atoms with Gasteiger partial charge in [-0.2, -0.15) is 5.26 Å². The van der Waals surface area contributed by atoms with Gasteiger partial charge in [0.2, 0.25) is 0 Å². The fraction of sp³-hybridized carbons (Fsp3) is 0.111. The van der Waals surface area contributed by atoms with Crippen LogP contribution in [-0.2, 0) is 0 Å². The fourth-order valence-corrected chi connectivity index (χ4v) is 0.887. The summed E-state index contributed by atoms with van der Waals surface area (Å²) in [6, 6.07) is 5.85. The van der Waals surface area contributed by atoms with Crippen LogP contribution in [0.5, 0.6) is 0 Å². The summed E-state index contributed by atoms with van der Waals surface area (Å²) < 4.78 is 13.1. The maximum Gasteiger partial charge on any atom is 0.192 e. The molecule has 0 saturated heterocycles. The molecule has 1 rings (SSSR count). The average Bonchev–Trinajstić information content (AvgIpc) is 2.18. The van der Waals surface area contributed by atoms with Crippen molar-refractivity contribution in [3.05, 3.63) is 29.6 Å². The van der Waals surface area contributed by atoms with Gasteiger partial charge in [0.25, 0.3) is 0 Å². The highest BCUT2D eigenvalue weighted by atomic mass is 19.1. The van der Waals surface area contributed by atoms with Crippen molar-refractivity contribution in [3.63, 3.8) is 0 Å². The number of nitrogens with zero attached hydrogens (tertiary/aromatic N) is 2. The minimum Gasteiger partial charge on any atom is -0.370 e. The molecule has 0 unspecified atom stereocenters. The number of guanidine groups is 1. The lowest BCUT2D eigenvalue weighted by Gasteiger charge is -2.04. The van der Waals surface area contributed by atoms with Crippen LogP contribution in [0.4, 0.5) is 10.1 Å². The first-order valence-electron chi connectivity index (χ1n) is 3.86. The highest BCUT2D eigenvalue weighted by Crippen LogP contribution is 2.13. The Hall–Kier alpha value is -2.09. The summed E-state index contributed by atoms with van der Waals surface area (Å²) in [6.45, 7) is 0. The molecule has 1 aromatic rings. The second-order valence-electron chi connectivity index (χ2n) is 2.54. The zero-order valence-electron chi connectivity index (χ0n) is 7.58. The van der Waals surface area contributed by atoms with Crippen LogP contribution in [0, 0.1) is 17.1 Å². The van der Waals surface area contributed by atoms with Gasteiger partial charge in [-0.05, 0) is 18.2 Å². The van der Waals surface area contributed by atoms with E-state index in [0.29, 0.717) is 5.69 Å². The van der Waals surface area contributed by atoms with Crippen molar-refractivity contribution in [2.45, 2.75) is 0 Å². The van der Waals surface area contributed by atoms with E-state index in [-0.39, 0.29) is 11.5 Å². The van der Waals surface area contributed by atoms with Gasteiger partial charge in [-0.1, -0.05) is 0 Å². The predicted octanol–water partition coefficient (Wildman–Crippen LogP) is 1.05. The van der Waals surface area contributed by atoms with Crippen LogP contribution >= 0.6 is 0 Å². The Balaban J connectivity index is 2.93. The molecule has 4 nitrogen and oxygen atoms in total. The van der Waals surface area contributed by atoms with Crippen molar-refractivity contribution in [1.29, 1.82) is 5.26 Å². The van der Waals surface area contributed by atoms with Crippen LogP contribution in [0.15, 0.2) is 23.2 Å². The van der Waals surface area contributed by atoms with E-state index in [4.69, 9.17) is 11.0 Å². The van der Waals surface area contributed by atoms with Crippen molar-refractivity contribution in [3.8, 4) is 6.07 Å². The van der Waals surface area contributed by atoms with E-state index >= 15 is 0 Å². The molecule has 0 aliphatic rings. The van der Waals surface area contributed by atoms with Crippen molar-refractivity contribution in [1.82, 2.24) is 0 Å². The molecule has 0 bridgehead atoms. The molecule has 72 valence electrons. The highest BCUT2D eigenvalue weighted by Gasteiger charge is 2.02. The monoisotopic (exact) mass is 192 g/mol. The molecule has 0 amide bonds. The average molecular weight is 192 g/mol. The molecular formula is C9H9FN4. The highest BCUT2D eigenvalue weighted by molar-refractivity contribution is 5.92. The first-order chi connectivity index (χ1) is 6.67. The zero-order chi connectivity index (χ0) is 10.6. The van der Waals surface area contributed by atoms with E-state index in [2.05, 4.69) is 10.3 Å². The van der Waals surface area contributed by atoms with Gasteiger partial charge < -0.3 is 11.1 Å². The van der Waals surface area contributed by atoms with Crippen molar-refractivity contribution in [2.24, 2.45) is 10.7 Å². The van der Waals surface area contributed by atoms with Crippen LogP contribution in [-0.4, -0.2) is 13.0 Å². The second kappa shape index (κ2) is 4.23. The van der Waals surface area contributed by atoms with Gasteiger partial charge in [0.1, 0.15) is 11.9 Å². The van der Waals surface area contributed by atoms with Gasteiger partial charge >= 0.3 is 0 Å². The molecule has 0 aromatic heterocycles. The molecule has 0 radical (unpaired) electrons. The normalized spacial score (nSPS) is 10.8. The Morgan fingerprint density at radius 1 is 1.64 bits per heavy atom. The number of hydrogen-bond donors (Lipinski definition) is 2. The quantitative estimate of drug-likeness (QED) is 0.516. The van der Waals surface area contributed by atoms with Gasteiger partial charge in [0.05, 0.1) is 5.56 Å². The Morgan fingerprint density at radius 2 is 2.36 bits per heavy atom. The summed E-state index contributed by atoms with van der Waals surface area (Å²) in [5.74, 6) is -0.393. The molecule has 0 aliphatic heterocycles. The first-order valence-corrected chi connectivity index (χ1v) is 3.86. The number of nitrogens with two attached hydrogens (primary N) is 1. The summed E-state index contributed by atoms with van der Waals surface area (Å²) >= 11 is 0. The topological polar surface area (TPSA) is 74.2 Å². The number of aliphatic imine (C=N–C) groups is 1. The van der Waals surface area contributed by atoms with E-state index in [1.54, 1.807) is 12.1 Å². The maximum atomic E-state index is 13.1. The maximum absolute atomic E-state index is 13.1. The third-order valence-corrected chi connectivity index (χ3v) is 1.60. The Kier molecular flexibility index (Phi) is 3.02. The SMILES string of the molecule is CN=C(N)Nc1ccc(C#N)c(F)c1. The number of rotatable bonds is 1. The summed E-state index contributed by atoms with van der Waals surface area (Å²) in [5.41, 5.74) is 5.84. The molecule has 3 N–H and O–H groups in total. The van der Waals surface area contributed by atoms with E-state index < -0.39 is 5.82 Å². The summed E-state index contributed by atoms with van der Waals surface area (Å²) in [7, 11) is 1.52. The third kappa shape index (κ3) is 2.20. The smallest absolute Gasteiger partial charge is 0.192 e. The number of benzene rings is 1. The van der Waals surface area contributed by atoms with Gasteiger partial charge in [-0.3, -0.25) is 4.99 Å². The van der Waals surface area contributed by atoms with Crippen molar-refractivity contribution in [2.75, 3.05) is 12.4 Å². The Bertz CT molecular complexity index is 406. The van der Waals surface area contributed by atoms with Crippen LogP contribution in [0.3, 0.4) is 0 Å². The van der Waals surface area contributed by atoms with Crippen LogP contribution in [0.25, 0.3) is 0 Å². The van der Waals surface area contributed by atoms with E-state index in [1.807, 2.05) is 0 Å². The first kappa shape index (κ1) is 9.99. The third-order valence-electron chi connectivity index (χ3n) is 1.60. The molecule has 0 aliphatic carbocycles. The van der Waals surface area contributed by atoms with Gasteiger partial charge in [-0.25, -0.2) is 4.39 Å². The second-order valence-corrected chi connectivity index (χ2v) is 2.54. The molecule has 5 heteroatoms. The molecule has 0 saturated carbocycles. The fourth-order valence-electron chi connectivity index (χ4n) is 0.887. The van der Waals surface area contributed by atoms with E-state index in [1.165, 1.54) is 19.2 Å². The summed E-state index contributed by atoms with van der Waals surface area (Å²) in [6.07, 6.45) is 0. The predicted molar refractivity (Wildman–Crippen MR) is 52.3 cm³/mol. The summed E-state index contributed by atoms with van der Waals surface area (Å²) in [5, 5.41) is 11.1. The molecule has 0 atom stereocenters. The number of nitriles is 1. The van der Waals surface area contributed by atoms with Gasteiger partial charge in [0.15, 0.2) is 5.96 Å². The molecule has 0 spiro atoms. The molecular weight excluding hydrogens is 183 g/mol. The van der Waals surface area contributed by atoms with E-state index in [9.17, 15) is 4.39 Å². The Morgan fingerprint density at radius 3 is 2.86 bits per heavy atom. The molecule has 14 heavy (non-hydrogen) atoms. The van der Waals surface area contributed by atoms with Crippen LogP contribution < -0.4 is 11.1 Å². The Labute approximate surface area is 80.9 Å². The van der Waals surface area contributed by atoms with Gasteiger partial charge in [-0.15, -0.1) is 0 Å². The molecule has 0 fully saturated rings. The lowest BCUT2D eigenvalue weighted by molar-refractivity contribution is 0.624. The van der Waals surface area contributed by atoms with Crippen molar-refractivity contribution >= 4 is 11.6 Å². The lowest BCUT2D eigenvalue weighted by atomic mass is 10.2. The number of anilines is 1.